The summed E-state index contributed by atoms with van der Waals surface area (Å²) >= 11 is 0. The number of rotatable bonds is 4. The van der Waals surface area contributed by atoms with Crippen molar-refractivity contribution in [3.8, 4) is 0 Å². The first-order valence-corrected chi connectivity index (χ1v) is 9.68. The third-order valence-corrected chi connectivity index (χ3v) is 5.44. The second kappa shape index (κ2) is 6.65. The molecule has 2 heterocycles. The first kappa shape index (κ1) is 18.3. The lowest BCUT2D eigenvalue weighted by Gasteiger charge is -2.20. The maximum atomic E-state index is 12.6. The fraction of sp³-hybridized carbons (Fsp3) is 0.353. The molecular weight excluding hydrogens is 354 g/mol. The minimum Gasteiger partial charge on any atom is -0.309 e. The Morgan fingerprint density at radius 2 is 1.85 bits per heavy atom. The number of carbonyl (C=O) groups excluding carboxylic acids is 1. The molecule has 0 fully saturated rings. The van der Waals surface area contributed by atoms with Crippen molar-refractivity contribution >= 4 is 27.6 Å². The van der Waals surface area contributed by atoms with E-state index in [4.69, 9.17) is 0 Å². The van der Waals surface area contributed by atoms with Crippen LogP contribution in [0.5, 0.6) is 0 Å². The van der Waals surface area contributed by atoms with Crippen LogP contribution in [0.25, 0.3) is 0 Å². The highest BCUT2D eigenvalue weighted by Gasteiger charge is 2.30. The Morgan fingerprint density at radius 3 is 2.46 bits per heavy atom. The van der Waals surface area contributed by atoms with E-state index in [0.717, 1.165) is 22.6 Å². The molecule has 26 heavy (non-hydrogen) atoms. The third-order valence-electron chi connectivity index (χ3n) is 4.20. The Labute approximate surface area is 152 Å². The highest BCUT2D eigenvalue weighted by atomic mass is 32.2. The molecule has 0 bridgehead atoms. The Kier molecular flexibility index (Phi) is 4.68. The quantitative estimate of drug-likeness (QED) is 0.788. The predicted octanol–water partition coefficient (Wildman–Crippen LogP) is 1.70. The summed E-state index contributed by atoms with van der Waals surface area (Å²) in [4.78, 5) is 24.2. The van der Waals surface area contributed by atoms with Crippen molar-refractivity contribution in [1.82, 2.24) is 14.8 Å². The summed E-state index contributed by atoms with van der Waals surface area (Å²) in [6.07, 6.45) is 0.617. The lowest BCUT2D eigenvalue weighted by molar-refractivity contribution is -0.116. The van der Waals surface area contributed by atoms with Crippen molar-refractivity contribution in [2.24, 2.45) is 0 Å². The van der Waals surface area contributed by atoms with E-state index in [1.54, 1.807) is 36.9 Å². The molecule has 8 nitrogen and oxygen atoms in total. The predicted molar refractivity (Wildman–Crippen MR) is 98.2 cm³/mol. The smallest absolute Gasteiger partial charge is 0.257 e. The van der Waals surface area contributed by atoms with Gasteiger partial charge in [0.15, 0.2) is 0 Å². The van der Waals surface area contributed by atoms with E-state index in [9.17, 15) is 13.2 Å². The molecule has 138 valence electrons. The summed E-state index contributed by atoms with van der Waals surface area (Å²) in [6.45, 7) is 7.05. The number of hydrogen-bond acceptors (Lipinski definition) is 6. The summed E-state index contributed by atoms with van der Waals surface area (Å²) in [6, 6.07) is 6.56. The maximum absolute atomic E-state index is 12.6. The van der Waals surface area contributed by atoms with Crippen LogP contribution in [0.2, 0.25) is 0 Å². The van der Waals surface area contributed by atoms with E-state index in [1.165, 1.54) is 13.0 Å². The Hall–Kier alpha value is -2.52. The highest BCUT2D eigenvalue weighted by Crippen LogP contribution is 2.33. The number of aryl methyl sites for hydroxylation is 2. The first-order valence-electron chi connectivity index (χ1n) is 8.20. The highest BCUT2D eigenvalue weighted by molar-refractivity contribution is 7.89. The lowest BCUT2D eigenvalue weighted by Crippen LogP contribution is -2.33. The van der Waals surface area contributed by atoms with E-state index in [-0.39, 0.29) is 22.8 Å². The maximum Gasteiger partial charge on any atom is 0.257 e. The SMILES string of the molecule is CC(=O)N1c2ccc(S(=O)(=O)NNc3nc(C)cc(C)n3)cc2CC1C. The van der Waals surface area contributed by atoms with E-state index in [2.05, 4.69) is 20.2 Å². The van der Waals surface area contributed by atoms with Gasteiger partial charge < -0.3 is 4.90 Å². The molecule has 1 atom stereocenters. The summed E-state index contributed by atoms with van der Waals surface area (Å²) in [5, 5.41) is 0. The second-order valence-electron chi connectivity index (χ2n) is 6.44. The summed E-state index contributed by atoms with van der Waals surface area (Å²) in [5.41, 5.74) is 5.60. The van der Waals surface area contributed by atoms with E-state index in [0.29, 0.717) is 6.42 Å². The third kappa shape index (κ3) is 3.54. The van der Waals surface area contributed by atoms with Gasteiger partial charge in [0.25, 0.3) is 10.0 Å². The molecule has 2 N–H and O–H groups in total. The molecule has 0 spiro atoms. The number of benzene rings is 1. The zero-order valence-corrected chi connectivity index (χ0v) is 15.9. The van der Waals surface area contributed by atoms with Crippen molar-refractivity contribution in [2.75, 3.05) is 10.3 Å². The van der Waals surface area contributed by atoms with Gasteiger partial charge in [-0.15, -0.1) is 4.83 Å². The van der Waals surface area contributed by atoms with Crippen LogP contribution >= 0.6 is 0 Å². The van der Waals surface area contributed by atoms with Crippen molar-refractivity contribution in [3.05, 3.63) is 41.2 Å². The Balaban J connectivity index is 1.82. The number of carbonyl (C=O) groups is 1. The molecule has 1 amide bonds. The number of hydrogen-bond donors (Lipinski definition) is 2. The molecule has 9 heteroatoms. The number of hydrazine groups is 1. The van der Waals surface area contributed by atoms with Crippen LogP contribution in [0.1, 0.15) is 30.8 Å². The molecule has 1 aliphatic heterocycles. The molecule has 1 aliphatic rings. The van der Waals surface area contributed by atoms with Crippen LogP contribution in [0.15, 0.2) is 29.2 Å². The monoisotopic (exact) mass is 375 g/mol. The zero-order chi connectivity index (χ0) is 19.1. The lowest BCUT2D eigenvalue weighted by atomic mass is 10.1. The van der Waals surface area contributed by atoms with Gasteiger partial charge in [-0.2, -0.15) is 0 Å². The Bertz CT molecular complexity index is 954. The van der Waals surface area contributed by atoms with Crippen LogP contribution in [0.4, 0.5) is 11.6 Å². The largest absolute Gasteiger partial charge is 0.309 e. The van der Waals surface area contributed by atoms with Gasteiger partial charge in [-0.25, -0.2) is 18.4 Å². The summed E-state index contributed by atoms with van der Waals surface area (Å²) in [5.74, 6) is 0.127. The van der Waals surface area contributed by atoms with Crippen molar-refractivity contribution in [2.45, 2.75) is 45.1 Å². The van der Waals surface area contributed by atoms with Crippen LogP contribution in [-0.4, -0.2) is 30.3 Å². The summed E-state index contributed by atoms with van der Waals surface area (Å²) < 4.78 is 25.1. The number of amides is 1. The van der Waals surface area contributed by atoms with Crippen LogP contribution < -0.4 is 15.2 Å². The minimum absolute atomic E-state index is 0.00945. The summed E-state index contributed by atoms with van der Waals surface area (Å²) in [7, 11) is -3.81. The molecular formula is C17H21N5O3S. The van der Waals surface area contributed by atoms with Gasteiger partial charge in [0.1, 0.15) is 0 Å². The standard InChI is InChI=1S/C17H21N5O3S/c1-10-7-11(2)19-17(18-10)20-21-26(24,25)15-5-6-16-14(9-15)8-12(3)22(16)13(4)23/h5-7,9,12,21H,8H2,1-4H3,(H,18,19,20). The van der Waals surface area contributed by atoms with Crippen molar-refractivity contribution in [1.29, 1.82) is 0 Å². The zero-order valence-electron chi connectivity index (χ0n) is 15.1. The second-order valence-corrected chi connectivity index (χ2v) is 8.12. The number of nitrogens with one attached hydrogen (secondary N) is 2. The molecule has 0 saturated heterocycles. The van der Waals surface area contributed by atoms with Crippen LogP contribution in [0, 0.1) is 13.8 Å². The fourth-order valence-electron chi connectivity index (χ4n) is 3.21. The van der Waals surface area contributed by atoms with Gasteiger partial charge in [0.2, 0.25) is 11.9 Å². The molecule has 2 aromatic rings. The normalized spacial score (nSPS) is 16.5. The molecule has 0 radical (unpaired) electrons. The van der Waals surface area contributed by atoms with Gasteiger partial charge in [0.05, 0.1) is 4.90 Å². The number of anilines is 2. The topological polar surface area (TPSA) is 104 Å². The number of aromatic nitrogens is 2. The van der Waals surface area contributed by atoms with Gasteiger partial charge in [0, 0.05) is 30.0 Å². The number of sulfonamides is 1. The van der Waals surface area contributed by atoms with Gasteiger partial charge in [-0.1, -0.05) is 0 Å². The van der Waals surface area contributed by atoms with Crippen LogP contribution in [-0.2, 0) is 21.2 Å². The van der Waals surface area contributed by atoms with Gasteiger partial charge in [-0.3, -0.25) is 10.2 Å². The molecule has 1 aromatic heterocycles. The van der Waals surface area contributed by atoms with Crippen LogP contribution in [0.3, 0.4) is 0 Å². The molecule has 1 unspecified atom stereocenters. The van der Waals surface area contributed by atoms with E-state index < -0.39 is 10.0 Å². The molecule has 1 aromatic carbocycles. The number of nitrogens with zero attached hydrogens (tertiary/aromatic N) is 3. The van der Waals surface area contributed by atoms with Crippen molar-refractivity contribution in [3.63, 3.8) is 0 Å². The van der Waals surface area contributed by atoms with Gasteiger partial charge >= 0.3 is 0 Å². The average molecular weight is 375 g/mol. The molecule has 0 aliphatic carbocycles. The fourth-order valence-corrected chi connectivity index (χ4v) is 4.10. The van der Waals surface area contributed by atoms with E-state index >= 15 is 0 Å². The van der Waals surface area contributed by atoms with E-state index in [1.807, 2.05) is 6.92 Å². The van der Waals surface area contributed by atoms with Crippen molar-refractivity contribution < 1.29 is 13.2 Å². The van der Waals surface area contributed by atoms with Gasteiger partial charge in [-0.05, 0) is 57.0 Å². The first-order chi connectivity index (χ1) is 12.2. The molecule has 3 rings (SSSR count). The minimum atomic E-state index is -3.81. The Morgan fingerprint density at radius 1 is 1.19 bits per heavy atom. The molecule has 0 saturated carbocycles. The number of fused-ring (bicyclic) bond motifs is 1. The average Bonchev–Trinajstić information content (AvgIpc) is 2.87.